The van der Waals surface area contributed by atoms with E-state index in [4.69, 9.17) is 132 Å². The van der Waals surface area contributed by atoms with Crippen molar-refractivity contribution >= 4 is 168 Å². The van der Waals surface area contributed by atoms with E-state index in [0.717, 1.165) is 100 Å². The van der Waals surface area contributed by atoms with E-state index in [0.29, 0.717) is 26.4 Å². The molecule has 0 N–H and O–H groups in total. The summed E-state index contributed by atoms with van der Waals surface area (Å²) in [4.78, 5) is 0. The molecule has 0 amide bonds. The third-order valence-corrected chi connectivity index (χ3v) is 25.9. The molecule has 4 aromatic rings. The van der Waals surface area contributed by atoms with Gasteiger partial charge in [0.2, 0.25) is 0 Å². The van der Waals surface area contributed by atoms with Crippen LogP contribution in [-0.2, 0) is 159 Å². The van der Waals surface area contributed by atoms with Crippen molar-refractivity contribution in [3.8, 4) is 23.0 Å². The molecule has 0 spiro atoms. The van der Waals surface area contributed by atoms with E-state index in [9.17, 15) is 0 Å². The van der Waals surface area contributed by atoms with Gasteiger partial charge in [0.1, 0.15) is 23.0 Å². The van der Waals surface area contributed by atoms with Gasteiger partial charge in [-0.25, -0.2) is 0 Å². The molecule has 0 aliphatic rings. The van der Waals surface area contributed by atoms with Gasteiger partial charge in [0.15, 0.2) is 11.4 Å². The third-order valence-electron chi connectivity index (χ3n) is 17.9. The van der Waals surface area contributed by atoms with Gasteiger partial charge in [-0.1, -0.05) is 383 Å². The van der Waals surface area contributed by atoms with Crippen LogP contribution in [0.25, 0.3) is 0 Å². The molecular formula is C84H144BaO8P4S8Zn. The maximum atomic E-state index is 6.15. The summed E-state index contributed by atoms with van der Waals surface area (Å²) in [6.45, 7) is 20.6. The van der Waals surface area contributed by atoms with Crippen LogP contribution in [0.2, 0.25) is 0 Å². The molecule has 0 saturated heterocycles. The van der Waals surface area contributed by atoms with Crippen molar-refractivity contribution in [1.29, 1.82) is 0 Å². The van der Waals surface area contributed by atoms with Gasteiger partial charge in [-0.2, -0.15) is 0 Å². The summed E-state index contributed by atoms with van der Waals surface area (Å²) in [5, 5.41) is 0. The first-order valence-corrected chi connectivity index (χ1v) is 55.9. The fourth-order valence-electron chi connectivity index (χ4n) is 11.7. The van der Waals surface area contributed by atoms with Crippen LogP contribution in [0.4, 0.5) is 0 Å². The van der Waals surface area contributed by atoms with E-state index in [1.54, 1.807) is 0 Å². The maximum Gasteiger partial charge on any atom is 2.00 e. The van der Waals surface area contributed by atoms with Crippen molar-refractivity contribution in [2.24, 2.45) is 0 Å². The average molecular weight is 1870 g/mol. The molecule has 4 aromatic carbocycles. The summed E-state index contributed by atoms with van der Waals surface area (Å²) < 4.78 is 47.0. The predicted octanol–water partition coefficient (Wildman–Crippen LogP) is 30.5. The molecule has 0 bridgehead atoms. The van der Waals surface area contributed by atoms with Gasteiger partial charge >= 0.3 is 68.4 Å². The zero-order valence-electron chi connectivity index (χ0n) is 67.7. The Bertz CT molecular complexity index is 2500. The molecule has 0 fully saturated rings. The molecule has 0 saturated carbocycles. The van der Waals surface area contributed by atoms with Crippen LogP contribution in [0.15, 0.2) is 97.1 Å². The van der Waals surface area contributed by atoms with E-state index in [1.807, 2.05) is 48.5 Å². The Morgan fingerprint density at radius 3 is 0.557 bits per heavy atom. The molecule has 600 valence electrons. The van der Waals surface area contributed by atoms with Gasteiger partial charge in [0.25, 0.3) is 0 Å². The molecule has 8 nitrogen and oxygen atoms in total. The number of rotatable bonds is 64. The van der Waals surface area contributed by atoms with Crippen molar-refractivity contribution < 1.29 is 55.7 Å². The minimum atomic E-state index is -2.87. The first-order chi connectivity index (χ1) is 50.4. The SMILES string of the molecule is CCCCCCCCOP(=S)([S-])OCCCCCCCC.CCCCCCCCOP(=S)([S-])OCCCCCCCC.CCCCCCCc1ccccc1OP(=S)([S-])Oc1ccccc1CCCCCCC.CCCCCCCc1ccccc1OP(=S)([S-])Oc1ccccc1CCCCCCC.[Ba+2].[Zn+2]. The largest absolute Gasteiger partial charge is 2.00 e. The Hall–Kier alpha value is 2.11. The Morgan fingerprint density at radius 2 is 0.377 bits per heavy atom. The number of hydrogen-bond donors (Lipinski definition) is 0. The van der Waals surface area contributed by atoms with Gasteiger partial charge in [-0.15, -0.1) is 0 Å². The first-order valence-electron chi connectivity index (χ1n) is 41.3. The standard InChI is InChI=1S/2C26H39O2PS2.2C16H35O2PS2.Ba.Zn/c2*1-3-5-7-9-11-17-23-19-13-15-21-25(23)27-29(30,31)28-26-22-16-14-20-24(26)18-12-10-8-6-4-2;2*1-3-5-7-9-11-13-15-17-19(20,21)18-16-14-12-10-8-6-4-2;;/h2*13-16,19-22H,3-12,17-18H2,1-2H3,(H,30,31);2*3-16H2,1-2H3,(H,20,21);;/q;;;;2*+2/p-4. The molecule has 4 rings (SSSR count). The van der Waals surface area contributed by atoms with Crippen LogP contribution in [0, 0.1) is 0 Å². The fraction of sp³-hybridized carbons (Fsp3) is 0.714. The maximum absolute atomic E-state index is 6.15. The predicted molar refractivity (Wildman–Crippen MR) is 488 cm³/mol. The summed E-state index contributed by atoms with van der Waals surface area (Å²) >= 11 is 43.6. The molecule has 0 unspecified atom stereocenters. The topological polar surface area (TPSA) is 73.8 Å². The molecular weight excluding hydrogens is 1720 g/mol. The van der Waals surface area contributed by atoms with Crippen molar-refractivity contribution in [2.45, 2.75) is 364 Å². The van der Waals surface area contributed by atoms with E-state index < -0.39 is 22.8 Å². The van der Waals surface area contributed by atoms with Crippen LogP contribution >= 0.6 is 22.8 Å². The zero-order valence-corrected chi connectivity index (χ0v) is 85.3. The Balaban J connectivity index is 0. The van der Waals surface area contributed by atoms with Crippen molar-refractivity contribution in [1.82, 2.24) is 0 Å². The number of unbranched alkanes of at least 4 members (excludes halogenated alkanes) is 36. The molecule has 0 aliphatic carbocycles. The quantitative estimate of drug-likeness (QED) is 0.0182. The average Bonchev–Trinajstić information content (AvgIpc) is 0.839. The van der Waals surface area contributed by atoms with Crippen LogP contribution < -0.4 is 18.1 Å². The second-order valence-electron chi connectivity index (χ2n) is 27.6. The van der Waals surface area contributed by atoms with E-state index in [-0.39, 0.29) is 68.4 Å². The Kier molecular flexibility index (Phi) is 78.8. The summed E-state index contributed by atoms with van der Waals surface area (Å²) in [5.74, 6) is 3.14. The fourth-order valence-corrected chi connectivity index (χ4v) is 18.7. The third kappa shape index (κ3) is 65.2. The number of para-hydroxylation sites is 4. The monoisotopic (exact) mass is 1860 g/mol. The second kappa shape index (κ2) is 75.8. The second-order valence-corrected chi connectivity index (χ2v) is 47.3. The van der Waals surface area contributed by atoms with Gasteiger partial charge in [0, 0.05) is 0 Å². The molecule has 0 radical (unpaired) electrons. The van der Waals surface area contributed by atoms with E-state index >= 15 is 0 Å². The summed E-state index contributed by atoms with van der Waals surface area (Å²) in [6, 6.07) is 32.5. The van der Waals surface area contributed by atoms with Crippen molar-refractivity contribution in [3.63, 3.8) is 0 Å². The summed E-state index contributed by atoms with van der Waals surface area (Å²) in [5.41, 5.74) is -5.85. The van der Waals surface area contributed by atoms with Gasteiger partial charge in [-0.05, 0) is 147 Å². The minimum Gasteiger partial charge on any atom is -0.691 e. The molecule has 0 aliphatic heterocycles. The van der Waals surface area contributed by atoms with Crippen LogP contribution in [0.5, 0.6) is 23.0 Å². The molecule has 22 heteroatoms. The minimum absolute atomic E-state index is 0. The van der Waals surface area contributed by atoms with Crippen LogP contribution in [0.1, 0.15) is 360 Å². The van der Waals surface area contributed by atoms with E-state index in [2.05, 4.69) is 104 Å². The first kappa shape index (κ1) is 110. The summed E-state index contributed by atoms with van der Waals surface area (Å²) in [7, 11) is 0. The Morgan fingerprint density at radius 1 is 0.226 bits per heavy atom. The molecule has 0 heterocycles. The van der Waals surface area contributed by atoms with Crippen LogP contribution in [-0.4, -0.2) is 75.3 Å². The molecule has 0 aromatic heterocycles. The van der Waals surface area contributed by atoms with Crippen molar-refractivity contribution in [2.75, 3.05) is 26.4 Å². The van der Waals surface area contributed by atoms with E-state index in [1.165, 1.54) is 253 Å². The van der Waals surface area contributed by atoms with Gasteiger partial charge in [-0.3, -0.25) is 0 Å². The normalized spacial score (nSPS) is 11.4. The summed E-state index contributed by atoms with van der Waals surface area (Å²) in [6.07, 6.45) is 58.9. The van der Waals surface area contributed by atoms with Crippen molar-refractivity contribution in [3.05, 3.63) is 119 Å². The Labute approximate surface area is 747 Å². The number of hydrogen-bond acceptors (Lipinski definition) is 16. The zero-order chi connectivity index (χ0) is 76.4. The number of benzene rings is 4. The smallest absolute Gasteiger partial charge is 0.691 e. The van der Waals surface area contributed by atoms with Gasteiger partial charge in [0.05, 0.1) is 37.8 Å². The molecule has 0 atom stereocenters. The van der Waals surface area contributed by atoms with Gasteiger partial charge < -0.3 is 85.2 Å². The van der Waals surface area contributed by atoms with Crippen LogP contribution in [0.3, 0.4) is 0 Å². The number of aryl methyl sites for hydroxylation is 4. The molecule has 106 heavy (non-hydrogen) atoms.